The Labute approximate surface area is 101 Å². The van der Waals surface area contributed by atoms with Crippen LogP contribution in [-0.4, -0.2) is 0 Å². The second-order valence-electron chi connectivity index (χ2n) is 6.88. The van der Waals surface area contributed by atoms with E-state index in [2.05, 4.69) is 6.92 Å². The van der Waals surface area contributed by atoms with Gasteiger partial charge >= 0.3 is 0 Å². The maximum absolute atomic E-state index is 2.40. The summed E-state index contributed by atoms with van der Waals surface area (Å²) < 4.78 is 0. The summed E-state index contributed by atoms with van der Waals surface area (Å²) >= 11 is 0. The van der Waals surface area contributed by atoms with Crippen molar-refractivity contribution < 1.29 is 0 Å². The molecule has 3 aliphatic carbocycles. The molecule has 0 heterocycles. The van der Waals surface area contributed by atoms with Crippen LogP contribution in [0.1, 0.15) is 71.1 Å². The second-order valence-corrected chi connectivity index (χ2v) is 6.88. The van der Waals surface area contributed by atoms with Crippen LogP contribution in [0, 0.1) is 29.6 Å². The molecule has 92 valence electrons. The monoisotopic (exact) mass is 220 g/mol. The summed E-state index contributed by atoms with van der Waals surface area (Å²) in [6.07, 6.45) is 15.6. The van der Waals surface area contributed by atoms with Gasteiger partial charge in [0, 0.05) is 0 Å². The van der Waals surface area contributed by atoms with Crippen LogP contribution in [0.4, 0.5) is 0 Å². The van der Waals surface area contributed by atoms with Gasteiger partial charge in [0.05, 0.1) is 0 Å². The van der Waals surface area contributed by atoms with Gasteiger partial charge in [-0.05, 0) is 55.3 Å². The summed E-state index contributed by atoms with van der Waals surface area (Å²) in [5.41, 5.74) is 0. The molecule has 5 unspecified atom stereocenters. The average molecular weight is 220 g/mol. The normalized spacial score (nSPS) is 48.2. The van der Waals surface area contributed by atoms with E-state index in [1.54, 1.807) is 44.9 Å². The fourth-order valence-electron chi connectivity index (χ4n) is 5.08. The first kappa shape index (κ1) is 11.1. The minimum atomic E-state index is 1.08. The van der Waals surface area contributed by atoms with Gasteiger partial charge in [-0.25, -0.2) is 0 Å². The Kier molecular flexibility index (Phi) is 3.27. The van der Waals surface area contributed by atoms with E-state index in [1.807, 2.05) is 0 Å². The summed E-state index contributed by atoms with van der Waals surface area (Å²) in [5, 5.41) is 0. The molecule has 16 heavy (non-hydrogen) atoms. The molecule has 0 aromatic heterocycles. The molecule has 0 amide bonds. The van der Waals surface area contributed by atoms with E-state index in [4.69, 9.17) is 0 Å². The molecule has 0 radical (unpaired) electrons. The minimum Gasteiger partial charge on any atom is -0.0651 e. The minimum absolute atomic E-state index is 1.08. The van der Waals surface area contributed by atoms with Crippen molar-refractivity contribution in [1.82, 2.24) is 0 Å². The molecule has 3 saturated carbocycles. The van der Waals surface area contributed by atoms with Crippen LogP contribution in [0.15, 0.2) is 0 Å². The fraction of sp³-hybridized carbons (Fsp3) is 1.00. The summed E-state index contributed by atoms with van der Waals surface area (Å²) in [4.78, 5) is 0. The first-order chi connectivity index (χ1) is 7.86. The van der Waals surface area contributed by atoms with Crippen LogP contribution in [-0.2, 0) is 0 Å². The Hall–Kier alpha value is 0. The predicted octanol–water partition coefficient (Wildman–Crippen LogP) is 5.03. The maximum Gasteiger partial charge on any atom is -0.0380 e. The van der Waals surface area contributed by atoms with Crippen molar-refractivity contribution in [2.45, 2.75) is 71.1 Å². The highest BCUT2D eigenvalue weighted by atomic mass is 14.5. The van der Waals surface area contributed by atoms with Gasteiger partial charge < -0.3 is 0 Å². The van der Waals surface area contributed by atoms with Gasteiger partial charge in [0.15, 0.2) is 0 Å². The van der Waals surface area contributed by atoms with E-state index in [-0.39, 0.29) is 0 Å². The molecule has 0 heteroatoms. The average Bonchev–Trinajstić information content (AvgIpc) is 2.35. The van der Waals surface area contributed by atoms with Crippen LogP contribution >= 0.6 is 0 Å². The van der Waals surface area contributed by atoms with Gasteiger partial charge in [-0.1, -0.05) is 45.4 Å². The summed E-state index contributed by atoms with van der Waals surface area (Å²) in [5.74, 6) is 5.65. The largest absolute Gasteiger partial charge is 0.0651 e. The van der Waals surface area contributed by atoms with Gasteiger partial charge in [-0.15, -0.1) is 0 Å². The van der Waals surface area contributed by atoms with E-state index in [1.165, 1.54) is 19.3 Å². The topological polar surface area (TPSA) is 0 Å². The molecule has 3 fully saturated rings. The number of rotatable bonds is 1. The van der Waals surface area contributed by atoms with Crippen molar-refractivity contribution in [3.63, 3.8) is 0 Å². The van der Waals surface area contributed by atoms with Gasteiger partial charge in [0.1, 0.15) is 0 Å². The van der Waals surface area contributed by atoms with Crippen molar-refractivity contribution in [2.75, 3.05) is 0 Å². The molecule has 0 bridgehead atoms. The SMILES string of the molecule is CCC1CCC2CC3CCCCC3CC2C1. The molecule has 0 aromatic carbocycles. The lowest BCUT2D eigenvalue weighted by Crippen LogP contribution is -2.37. The van der Waals surface area contributed by atoms with Gasteiger partial charge in [-0.3, -0.25) is 0 Å². The van der Waals surface area contributed by atoms with Crippen molar-refractivity contribution in [3.8, 4) is 0 Å². The molecule has 3 rings (SSSR count). The molecule has 0 saturated heterocycles. The van der Waals surface area contributed by atoms with Crippen molar-refractivity contribution in [3.05, 3.63) is 0 Å². The molecule has 0 spiro atoms. The van der Waals surface area contributed by atoms with Crippen LogP contribution in [0.5, 0.6) is 0 Å². The van der Waals surface area contributed by atoms with Gasteiger partial charge in [-0.2, -0.15) is 0 Å². The Bertz CT molecular complexity index is 232. The lowest BCUT2D eigenvalue weighted by Gasteiger charge is -2.47. The molecule has 0 nitrogen and oxygen atoms in total. The molecule has 0 aromatic rings. The van der Waals surface area contributed by atoms with E-state index < -0.39 is 0 Å². The highest BCUT2D eigenvalue weighted by molar-refractivity contribution is 4.91. The molecule has 0 N–H and O–H groups in total. The quantitative estimate of drug-likeness (QED) is 0.581. The Morgan fingerprint density at radius 2 is 1.31 bits per heavy atom. The number of hydrogen-bond acceptors (Lipinski definition) is 0. The van der Waals surface area contributed by atoms with E-state index in [0.717, 1.165) is 29.6 Å². The first-order valence-corrected chi connectivity index (χ1v) is 7.86. The van der Waals surface area contributed by atoms with E-state index in [9.17, 15) is 0 Å². The maximum atomic E-state index is 2.40. The number of hydrogen-bond donors (Lipinski definition) is 0. The van der Waals surface area contributed by atoms with Crippen molar-refractivity contribution in [1.29, 1.82) is 0 Å². The zero-order valence-corrected chi connectivity index (χ0v) is 11.0. The van der Waals surface area contributed by atoms with Crippen LogP contribution in [0.3, 0.4) is 0 Å². The third kappa shape index (κ3) is 2.05. The Morgan fingerprint density at radius 3 is 2.00 bits per heavy atom. The van der Waals surface area contributed by atoms with Crippen LogP contribution in [0.2, 0.25) is 0 Å². The van der Waals surface area contributed by atoms with Crippen molar-refractivity contribution >= 4 is 0 Å². The molecule has 0 aliphatic heterocycles. The molecule has 3 aliphatic rings. The summed E-state index contributed by atoms with van der Waals surface area (Å²) in [6, 6.07) is 0. The number of fused-ring (bicyclic) bond motifs is 2. The predicted molar refractivity (Wildman–Crippen MR) is 69.3 cm³/mol. The standard InChI is InChI=1S/C16H28/c1-2-12-7-8-15-10-13-5-3-4-6-14(13)11-16(15)9-12/h12-16H,2-11H2,1H3. The summed E-state index contributed by atoms with van der Waals surface area (Å²) in [6.45, 7) is 2.40. The Balaban J connectivity index is 1.64. The van der Waals surface area contributed by atoms with Crippen molar-refractivity contribution in [2.24, 2.45) is 29.6 Å². The third-order valence-corrected chi connectivity index (χ3v) is 6.10. The summed E-state index contributed by atoms with van der Waals surface area (Å²) in [7, 11) is 0. The molecular formula is C16H28. The van der Waals surface area contributed by atoms with E-state index >= 15 is 0 Å². The zero-order valence-electron chi connectivity index (χ0n) is 11.0. The Morgan fingerprint density at radius 1 is 0.688 bits per heavy atom. The first-order valence-electron chi connectivity index (χ1n) is 7.86. The van der Waals surface area contributed by atoms with Crippen LogP contribution in [0.25, 0.3) is 0 Å². The highest BCUT2D eigenvalue weighted by Crippen LogP contribution is 2.51. The molecule has 5 atom stereocenters. The zero-order chi connectivity index (χ0) is 11.0. The lowest BCUT2D eigenvalue weighted by atomic mass is 9.58. The fourth-order valence-corrected chi connectivity index (χ4v) is 5.08. The van der Waals surface area contributed by atoms with Gasteiger partial charge in [0.25, 0.3) is 0 Å². The third-order valence-electron chi connectivity index (χ3n) is 6.10. The highest BCUT2D eigenvalue weighted by Gasteiger charge is 2.40. The second kappa shape index (κ2) is 4.70. The van der Waals surface area contributed by atoms with Crippen LogP contribution < -0.4 is 0 Å². The smallest absolute Gasteiger partial charge is 0.0380 e. The lowest BCUT2D eigenvalue weighted by molar-refractivity contribution is 0.0341. The van der Waals surface area contributed by atoms with E-state index in [0.29, 0.717) is 0 Å². The van der Waals surface area contributed by atoms with Gasteiger partial charge in [0.2, 0.25) is 0 Å². The molecular weight excluding hydrogens is 192 g/mol.